The van der Waals surface area contributed by atoms with Crippen LogP contribution >= 0.6 is 0 Å². The zero-order valence-corrected chi connectivity index (χ0v) is 24.2. The van der Waals surface area contributed by atoms with E-state index in [1.165, 1.54) is 41.4 Å². The summed E-state index contributed by atoms with van der Waals surface area (Å²) < 4.78 is 0. The maximum absolute atomic E-state index is 12.1. The van der Waals surface area contributed by atoms with Crippen molar-refractivity contribution in [1.82, 2.24) is 15.5 Å². The first-order chi connectivity index (χ1) is 18.9. The summed E-state index contributed by atoms with van der Waals surface area (Å²) in [5, 5.41) is 7.16. The molecule has 2 aromatic carbocycles. The molecular formula is C30H49N7O2. The molecule has 9 nitrogen and oxygen atoms in total. The second-order valence-corrected chi connectivity index (χ2v) is 9.08. The van der Waals surface area contributed by atoms with Gasteiger partial charge < -0.3 is 27.0 Å². The molecule has 1 saturated carbocycles. The zero-order valence-electron chi connectivity index (χ0n) is 24.2. The van der Waals surface area contributed by atoms with Crippen molar-refractivity contribution in [3.63, 3.8) is 0 Å². The Hall–Kier alpha value is -3.40. The van der Waals surface area contributed by atoms with E-state index in [1.807, 2.05) is 13.8 Å². The van der Waals surface area contributed by atoms with Gasteiger partial charge in [-0.2, -0.15) is 0 Å². The van der Waals surface area contributed by atoms with Crippen LogP contribution in [0.5, 0.6) is 0 Å². The Morgan fingerprint density at radius 2 is 1.62 bits per heavy atom. The van der Waals surface area contributed by atoms with Crippen molar-refractivity contribution >= 4 is 17.5 Å². The molecule has 0 aromatic heterocycles. The lowest BCUT2D eigenvalue weighted by molar-refractivity contribution is -0.130. The Bertz CT molecular complexity index is 966. The third kappa shape index (κ3) is 13.3. The molecule has 0 bridgehead atoms. The highest BCUT2D eigenvalue weighted by molar-refractivity contribution is 5.96. The molecule has 2 fully saturated rings. The molecule has 4 rings (SSSR count). The number of carbonyl (C=O) groups excluding carboxylic acids is 2. The van der Waals surface area contributed by atoms with Gasteiger partial charge in [0.25, 0.3) is 5.91 Å². The summed E-state index contributed by atoms with van der Waals surface area (Å²) in [6, 6.07) is 15.6. The molecule has 1 aliphatic carbocycles. The van der Waals surface area contributed by atoms with Gasteiger partial charge in [-0.05, 0) is 68.5 Å². The van der Waals surface area contributed by atoms with Crippen molar-refractivity contribution < 1.29 is 9.59 Å². The van der Waals surface area contributed by atoms with Gasteiger partial charge in [-0.3, -0.25) is 14.6 Å². The molecule has 0 atom stereocenters. The summed E-state index contributed by atoms with van der Waals surface area (Å²) >= 11 is 0. The van der Waals surface area contributed by atoms with E-state index in [0.29, 0.717) is 24.3 Å². The van der Waals surface area contributed by atoms with E-state index in [2.05, 4.69) is 48.7 Å². The number of anilines is 1. The number of piperazine rings is 1. The van der Waals surface area contributed by atoms with Crippen LogP contribution in [0.4, 0.5) is 5.69 Å². The van der Waals surface area contributed by atoms with E-state index < -0.39 is 0 Å². The van der Waals surface area contributed by atoms with Crippen LogP contribution in [0.2, 0.25) is 0 Å². The van der Waals surface area contributed by atoms with E-state index in [9.17, 15) is 9.59 Å². The van der Waals surface area contributed by atoms with Gasteiger partial charge in [0.1, 0.15) is 0 Å². The number of nitrogens with two attached hydrogens (primary N) is 3. The third-order valence-electron chi connectivity index (χ3n) is 5.96. The van der Waals surface area contributed by atoms with E-state index in [-0.39, 0.29) is 18.4 Å². The number of aryl methyl sites for hydroxylation is 1. The van der Waals surface area contributed by atoms with Gasteiger partial charge in [-0.25, -0.2) is 5.84 Å². The predicted molar refractivity (Wildman–Crippen MR) is 162 cm³/mol. The van der Waals surface area contributed by atoms with E-state index in [0.717, 1.165) is 32.0 Å². The van der Waals surface area contributed by atoms with Crippen molar-refractivity contribution in [1.29, 1.82) is 0 Å². The summed E-state index contributed by atoms with van der Waals surface area (Å²) in [6.07, 6.45) is 6.73. The van der Waals surface area contributed by atoms with Crippen molar-refractivity contribution in [2.24, 2.45) is 17.3 Å². The summed E-state index contributed by atoms with van der Waals surface area (Å²) in [5.74, 6) is 6.26. The monoisotopic (exact) mass is 539 g/mol. The Labute approximate surface area is 234 Å². The fourth-order valence-electron chi connectivity index (χ4n) is 3.50. The highest BCUT2D eigenvalue weighted by Gasteiger charge is 2.22. The fraction of sp³-hybridized carbons (Fsp3) is 0.467. The molecule has 39 heavy (non-hydrogen) atoms. The Kier molecular flexibility index (Phi) is 16.9. The van der Waals surface area contributed by atoms with Gasteiger partial charge in [0.2, 0.25) is 5.91 Å². The lowest BCUT2D eigenvalue weighted by Crippen LogP contribution is -2.49. The van der Waals surface area contributed by atoms with Crippen LogP contribution in [0.1, 0.15) is 67.4 Å². The van der Waals surface area contributed by atoms with Gasteiger partial charge in [0.15, 0.2) is 0 Å². The SMILES string of the molecule is CC.CCCN.Cc1ccc(C2CC2)cc1.N/C=C\N(N)c1ccc(C(=O)NCC(=O)N2CCNCC2)cc1. The van der Waals surface area contributed by atoms with Crippen LogP contribution < -0.4 is 33.0 Å². The molecular weight excluding hydrogens is 490 g/mol. The van der Waals surface area contributed by atoms with Crippen molar-refractivity contribution in [3.05, 3.63) is 77.6 Å². The van der Waals surface area contributed by atoms with Crippen LogP contribution in [0.3, 0.4) is 0 Å². The molecule has 0 unspecified atom stereocenters. The smallest absolute Gasteiger partial charge is 0.251 e. The summed E-state index contributed by atoms with van der Waals surface area (Å²) in [5.41, 5.74) is 14.4. The Morgan fingerprint density at radius 3 is 2.10 bits per heavy atom. The largest absolute Gasteiger partial charge is 0.403 e. The molecule has 0 spiro atoms. The lowest BCUT2D eigenvalue weighted by atomic mass is 10.1. The topological polar surface area (TPSA) is 143 Å². The van der Waals surface area contributed by atoms with Crippen LogP contribution in [-0.4, -0.2) is 56.0 Å². The predicted octanol–water partition coefficient (Wildman–Crippen LogP) is 3.21. The number of amides is 2. The maximum atomic E-state index is 12.1. The fourth-order valence-corrected chi connectivity index (χ4v) is 3.50. The number of hydrogen-bond donors (Lipinski definition) is 5. The molecule has 2 aliphatic rings. The molecule has 2 aromatic rings. The highest BCUT2D eigenvalue weighted by Crippen LogP contribution is 2.39. The summed E-state index contributed by atoms with van der Waals surface area (Å²) in [7, 11) is 0. The van der Waals surface area contributed by atoms with Gasteiger partial charge in [-0.15, -0.1) is 0 Å². The first kappa shape index (κ1) is 33.6. The number of nitrogens with one attached hydrogen (secondary N) is 2. The molecule has 0 radical (unpaired) electrons. The van der Waals surface area contributed by atoms with E-state index >= 15 is 0 Å². The molecule has 1 aliphatic heterocycles. The number of hydrazine groups is 1. The third-order valence-corrected chi connectivity index (χ3v) is 5.96. The highest BCUT2D eigenvalue weighted by atomic mass is 16.2. The van der Waals surface area contributed by atoms with Gasteiger partial charge in [0.05, 0.1) is 12.2 Å². The van der Waals surface area contributed by atoms with Crippen molar-refractivity contribution in [3.8, 4) is 0 Å². The number of benzene rings is 2. The molecule has 1 heterocycles. The first-order valence-electron chi connectivity index (χ1n) is 13.9. The van der Waals surface area contributed by atoms with Gasteiger partial charge in [-0.1, -0.05) is 50.6 Å². The molecule has 8 N–H and O–H groups in total. The second kappa shape index (κ2) is 19.6. The van der Waals surface area contributed by atoms with Gasteiger partial charge >= 0.3 is 0 Å². The number of nitrogens with zero attached hydrogens (tertiary/aromatic N) is 2. The number of carbonyl (C=O) groups is 2. The molecule has 2 amide bonds. The van der Waals surface area contributed by atoms with E-state index in [1.54, 1.807) is 29.2 Å². The average Bonchev–Trinajstić information content (AvgIpc) is 3.84. The van der Waals surface area contributed by atoms with Crippen LogP contribution in [0.15, 0.2) is 60.9 Å². The normalized spacial score (nSPS) is 14.1. The quantitative estimate of drug-likeness (QED) is 0.269. The Morgan fingerprint density at radius 1 is 1.05 bits per heavy atom. The minimum absolute atomic E-state index is 0.000486. The molecule has 9 heteroatoms. The second-order valence-electron chi connectivity index (χ2n) is 9.08. The van der Waals surface area contributed by atoms with Crippen LogP contribution in [-0.2, 0) is 4.79 Å². The van der Waals surface area contributed by atoms with Crippen molar-refractivity contribution in [2.75, 3.05) is 44.3 Å². The van der Waals surface area contributed by atoms with Gasteiger partial charge in [0, 0.05) is 44.1 Å². The van der Waals surface area contributed by atoms with Crippen LogP contribution in [0, 0.1) is 6.92 Å². The van der Waals surface area contributed by atoms with E-state index in [4.69, 9.17) is 17.3 Å². The molecule has 216 valence electrons. The van der Waals surface area contributed by atoms with Crippen molar-refractivity contribution in [2.45, 2.75) is 52.9 Å². The number of hydrogen-bond acceptors (Lipinski definition) is 7. The zero-order chi connectivity index (χ0) is 29.0. The summed E-state index contributed by atoms with van der Waals surface area (Å²) in [4.78, 5) is 25.8. The van der Waals surface area contributed by atoms with Crippen LogP contribution in [0.25, 0.3) is 0 Å². The minimum Gasteiger partial charge on any atom is -0.403 e. The maximum Gasteiger partial charge on any atom is 0.251 e. The lowest BCUT2D eigenvalue weighted by Gasteiger charge is -2.27. The number of rotatable bonds is 7. The minimum atomic E-state index is -0.294. The summed E-state index contributed by atoms with van der Waals surface area (Å²) in [6.45, 7) is 11.9. The average molecular weight is 540 g/mol. The standard InChI is InChI=1S/C15H22N6O2.C10H12.C3H9N.C2H6/c16-5-8-21(17)13-3-1-12(2-4-13)15(23)19-11-14(22)20-9-6-18-7-10-20;1-8-2-4-9(5-3-8)10-6-7-10;1-2-3-4;1-2/h1-5,8,18H,6-7,9-11,16-17H2,(H,19,23);2-5,10H,6-7H2,1H3;2-4H2,1H3;1-2H3/b8-5-;;;. The first-order valence-corrected chi connectivity index (χ1v) is 13.9. The Balaban J connectivity index is 0.000000388. The molecule has 1 saturated heterocycles.